The lowest BCUT2D eigenvalue weighted by molar-refractivity contribution is 0.253. The van der Waals surface area contributed by atoms with Crippen molar-refractivity contribution >= 4 is 8.25 Å². The molecule has 0 aliphatic carbocycles. The summed E-state index contributed by atoms with van der Waals surface area (Å²) in [5.74, 6) is 0.667. The zero-order valence-electron chi connectivity index (χ0n) is 5.69. The van der Waals surface area contributed by atoms with Crippen LogP contribution in [0.2, 0.25) is 0 Å². The van der Waals surface area contributed by atoms with Gasteiger partial charge >= 0.3 is 8.25 Å². The molecule has 0 N–H and O–H groups in total. The zero-order valence-corrected chi connectivity index (χ0v) is 6.58. The van der Waals surface area contributed by atoms with Gasteiger partial charge in [-0.1, -0.05) is 18.2 Å². The Bertz CT molecular complexity index is 297. The van der Waals surface area contributed by atoms with Crippen molar-refractivity contribution in [3.8, 4) is 5.75 Å². The Morgan fingerprint density at radius 3 is 3.09 bits per heavy atom. The SMILES string of the molecule is O=[P+]1OCc2ccccc2O1. The van der Waals surface area contributed by atoms with E-state index in [1.54, 1.807) is 6.07 Å². The molecule has 4 heteroatoms. The molecule has 0 radical (unpaired) electrons. The van der Waals surface area contributed by atoms with Crippen LogP contribution in [0.1, 0.15) is 5.56 Å². The molecule has 1 atom stereocenters. The third-order valence-electron chi connectivity index (χ3n) is 1.47. The molecule has 11 heavy (non-hydrogen) atoms. The molecule has 2 rings (SSSR count). The minimum absolute atomic E-state index is 0.380. The van der Waals surface area contributed by atoms with E-state index in [1.165, 1.54) is 0 Å². The first kappa shape index (κ1) is 6.77. The van der Waals surface area contributed by atoms with E-state index in [4.69, 9.17) is 9.05 Å². The standard InChI is InChI=1S/C7H6O3P/c8-11-9-5-6-3-1-2-4-7(6)10-11/h1-4H,5H2/q+1. The van der Waals surface area contributed by atoms with E-state index in [-0.39, 0.29) is 0 Å². The van der Waals surface area contributed by atoms with E-state index in [0.717, 1.165) is 5.56 Å². The monoisotopic (exact) mass is 169 g/mol. The van der Waals surface area contributed by atoms with Crippen LogP contribution in [0, 0.1) is 0 Å². The van der Waals surface area contributed by atoms with Gasteiger partial charge in [-0.15, -0.1) is 4.52 Å². The van der Waals surface area contributed by atoms with Crippen molar-refractivity contribution < 1.29 is 13.6 Å². The van der Waals surface area contributed by atoms with Crippen LogP contribution in [0.5, 0.6) is 5.75 Å². The van der Waals surface area contributed by atoms with Crippen molar-refractivity contribution in [2.45, 2.75) is 6.61 Å². The van der Waals surface area contributed by atoms with E-state index >= 15 is 0 Å². The van der Waals surface area contributed by atoms with Gasteiger partial charge < -0.3 is 0 Å². The quantitative estimate of drug-likeness (QED) is 0.558. The summed E-state index contributed by atoms with van der Waals surface area (Å²) in [6.07, 6.45) is 0. The Morgan fingerprint density at radius 2 is 2.18 bits per heavy atom. The maximum atomic E-state index is 10.7. The first-order valence-corrected chi connectivity index (χ1v) is 4.32. The summed E-state index contributed by atoms with van der Waals surface area (Å²) in [4.78, 5) is 0. The number of para-hydroxylation sites is 1. The summed E-state index contributed by atoms with van der Waals surface area (Å²) in [7, 11) is -1.93. The fourth-order valence-electron chi connectivity index (χ4n) is 0.941. The molecule has 0 aromatic heterocycles. The fraction of sp³-hybridized carbons (Fsp3) is 0.143. The molecule has 0 saturated heterocycles. The Kier molecular flexibility index (Phi) is 1.60. The van der Waals surface area contributed by atoms with Crippen LogP contribution in [-0.4, -0.2) is 0 Å². The first-order valence-electron chi connectivity index (χ1n) is 3.22. The maximum absolute atomic E-state index is 10.7. The fourth-order valence-corrected chi connectivity index (χ4v) is 1.58. The summed E-state index contributed by atoms with van der Waals surface area (Å²) in [5, 5.41) is 0. The Morgan fingerprint density at radius 1 is 1.36 bits per heavy atom. The van der Waals surface area contributed by atoms with Crippen molar-refractivity contribution in [3.63, 3.8) is 0 Å². The Hall–Kier alpha value is -0.920. The molecular formula is C7H6O3P+. The van der Waals surface area contributed by atoms with Crippen LogP contribution in [0.15, 0.2) is 24.3 Å². The van der Waals surface area contributed by atoms with Crippen molar-refractivity contribution in [2.24, 2.45) is 0 Å². The lowest BCUT2D eigenvalue weighted by Crippen LogP contribution is -1.98. The van der Waals surface area contributed by atoms with Crippen molar-refractivity contribution in [1.82, 2.24) is 0 Å². The van der Waals surface area contributed by atoms with Gasteiger partial charge in [0, 0.05) is 10.1 Å². The summed E-state index contributed by atoms with van der Waals surface area (Å²) in [6.45, 7) is 0.380. The van der Waals surface area contributed by atoms with E-state index in [2.05, 4.69) is 0 Å². The molecule has 1 aliphatic rings. The molecule has 1 unspecified atom stereocenters. The van der Waals surface area contributed by atoms with Crippen LogP contribution in [0.3, 0.4) is 0 Å². The summed E-state index contributed by atoms with van der Waals surface area (Å²) in [6, 6.07) is 7.40. The number of hydrogen-bond acceptors (Lipinski definition) is 3. The van der Waals surface area contributed by atoms with Gasteiger partial charge in [0.1, 0.15) is 6.61 Å². The van der Waals surface area contributed by atoms with Crippen molar-refractivity contribution in [2.75, 3.05) is 0 Å². The molecule has 1 heterocycles. The second-order valence-electron chi connectivity index (χ2n) is 2.20. The van der Waals surface area contributed by atoms with Crippen molar-refractivity contribution in [3.05, 3.63) is 29.8 Å². The third kappa shape index (κ3) is 1.25. The van der Waals surface area contributed by atoms with Crippen LogP contribution in [0.4, 0.5) is 0 Å². The highest BCUT2D eigenvalue weighted by Crippen LogP contribution is 2.37. The molecule has 56 valence electrons. The molecule has 0 amide bonds. The van der Waals surface area contributed by atoms with E-state index in [0.29, 0.717) is 12.4 Å². The van der Waals surface area contributed by atoms with Crippen LogP contribution >= 0.6 is 8.25 Å². The highest BCUT2D eigenvalue weighted by molar-refractivity contribution is 7.33. The number of fused-ring (bicyclic) bond motifs is 1. The van der Waals surface area contributed by atoms with Gasteiger partial charge in [0.15, 0.2) is 5.75 Å². The highest BCUT2D eigenvalue weighted by Gasteiger charge is 2.29. The molecule has 0 bridgehead atoms. The molecule has 1 aromatic carbocycles. The van der Waals surface area contributed by atoms with Gasteiger partial charge in [0.2, 0.25) is 0 Å². The maximum Gasteiger partial charge on any atom is 0.750 e. The normalized spacial score (nSPS) is 18.7. The molecule has 0 saturated carbocycles. The predicted octanol–water partition coefficient (Wildman–Crippen LogP) is 2.25. The minimum atomic E-state index is -1.93. The minimum Gasteiger partial charge on any atom is -0.229 e. The van der Waals surface area contributed by atoms with Gasteiger partial charge in [-0.05, 0) is 6.07 Å². The molecule has 0 spiro atoms. The third-order valence-corrected chi connectivity index (χ3v) is 2.16. The average Bonchev–Trinajstić information content (AvgIpc) is 2.04. The lowest BCUT2D eigenvalue weighted by Gasteiger charge is -2.04. The summed E-state index contributed by atoms with van der Waals surface area (Å²) >= 11 is 0. The molecular weight excluding hydrogens is 163 g/mol. The summed E-state index contributed by atoms with van der Waals surface area (Å²) in [5.41, 5.74) is 0.946. The smallest absolute Gasteiger partial charge is 0.229 e. The van der Waals surface area contributed by atoms with Gasteiger partial charge in [-0.3, -0.25) is 0 Å². The first-order chi connectivity index (χ1) is 5.36. The van der Waals surface area contributed by atoms with Gasteiger partial charge in [0.05, 0.1) is 0 Å². The number of benzene rings is 1. The zero-order chi connectivity index (χ0) is 7.68. The second kappa shape index (κ2) is 2.61. The number of rotatable bonds is 0. The van der Waals surface area contributed by atoms with E-state index in [9.17, 15) is 4.57 Å². The van der Waals surface area contributed by atoms with Crippen LogP contribution in [-0.2, 0) is 15.7 Å². The van der Waals surface area contributed by atoms with Gasteiger partial charge in [0.25, 0.3) is 0 Å². The Labute approximate surface area is 64.9 Å². The van der Waals surface area contributed by atoms with Gasteiger partial charge in [-0.2, -0.15) is 0 Å². The van der Waals surface area contributed by atoms with E-state index < -0.39 is 8.25 Å². The predicted molar refractivity (Wildman–Crippen MR) is 39.5 cm³/mol. The van der Waals surface area contributed by atoms with Crippen molar-refractivity contribution in [1.29, 1.82) is 0 Å². The summed E-state index contributed by atoms with van der Waals surface area (Å²) < 4.78 is 20.4. The topological polar surface area (TPSA) is 35.5 Å². The van der Waals surface area contributed by atoms with Crippen LogP contribution < -0.4 is 4.52 Å². The highest BCUT2D eigenvalue weighted by atomic mass is 31.1. The van der Waals surface area contributed by atoms with Crippen LogP contribution in [0.25, 0.3) is 0 Å². The Balaban J connectivity index is 2.41. The van der Waals surface area contributed by atoms with E-state index in [1.807, 2.05) is 18.2 Å². The molecule has 1 aliphatic heterocycles. The van der Waals surface area contributed by atoms with Gasteiger partial charge in [-0.25, -0.2) is 4.52 Å². The molecule has 3 nitrogen and oxygen atoms in total. The number of hydrogen-bond donors (Lipinski definition) is 0. The molecule has 1 aromatic rings. The lowest BCUT2D eigenvalue weighted by atomic mass is 10.2. The largest absolute Gasteiger partial charge is 0.750 e. The molecule has 0 fully saturated rings. The average molecular weight is 169 g/mol. The second-order valence-corrected chi connectivity index (χ2v) is 3.08.